The van der Waals surface area contributed by atoms with Crippen molar-refractivity contribution in [2.24, 2.45) is 5.73 Å². The molecule has 4 heteroatoms. The van der Waals surface area contributed by atoms with Crippen molar-refractivity contribution in [3.8, 4) is 0 Å². The number of rotatable bonds is 4. The van der Waals surface area contributed by atoms with Crippen molar-refractivity contribution >= 4 is 15.9 Å². The van der Waals surface area contributed by atoms with Gasteiger partial charge in [-0.25, -0.2) is 0 Å². The molecular formula is C9H16BrN3. The Hall–Kier alpha value is -0.350. The first-order valence-corrected chi connectivity index (χ1v) is 5.40. The molecule has 0 saturated carbocycles. The third-order valence-electron chi connectivity index (χ3n) is 2.03. The predicted octanol–water partition coefficient (Wildman–Crippen LogP) is 1.95. The smallest absolute Gasteiger partial charge is 0.0635 e. The number of nitrogens with two attached hydrogens (primary N) is 1. The topological polar surface area (TPSA) is 43.8 Å². The molecule has 0 aliphatic carbocycles. The number of aryl methyl sites for hydroxylation is 1. The molecule has 0 saturated heterocycles. The zero-order chi connectivity index (χ0) is 9.84. The summed E-state index contributed by atoms with van der Waals surface area (Å²) in [6, 6.07) is 0.257. The Morgan fingerprint density at radius 1 is 1.69 bits per heavy atom. The maximum atomic E-state index is 5.71. The lowest BCUT2D eigenvalue weighted by molar-refractivity contribution is 0.584. The fraction of sp³-hybridized carbons (Fsp3) is 0.667. The van der Waals surface area contributed by atoms with Gasteiger partial charge in [0.1, 0.15) is 0 Å². The van der Waals surface area contributed by atoms with Gasteiger partial charge in [0.25, 0.3) is 0 Å². The Bertz CT molecular complexity index is 268. The molecule has 1 rings (SSSR count). The van der Waals surface area contributed by atoms with E-state index in [0.29, 0.717) is 0 Å². The average molecular weight is 246 g/mol. The van der Waals surface area contributed by atoms with Crippen LogP contribution in [0.3, 0.4) is 0 Å². The highest BCUT2D eigenvalue weighted by molar-refractivity contribution is 9.10. The molecule has 1 unspecified atom stereocenters. The fourth-order valence-electron chi connectivity index (χ4n) is 1.27. The van der Waals surface area contributed by atoms with Crippen LogP contribution in [0.4, 0.5) is 0 Å². The molecule has 0 aliphatic heterocycles. The molecule has 0 bridgehead atoms. The first kappa shape index (κ1) is 10.7. The molecule has 74 valence electrons. The van der Waals surface area contributed by atoms with Crippen molar-refractivity contribution < 1.29 is 0 Å². The summed E-state index contributed by atoms with van der Waals surface area (Å²) in [5.74, 6) is 0. The quantitative estimate of drug-likeness (QED) is 0.882. The Kier molecular flexibility index (Phi) is 3.93. The minimum Gasteiger partial charge on any atom is -0.328 e. The van der Waals surface area contributed by atoms with Crippen molar-refractivity contribution in [2.75, 3.05) is 0 Å². The molecule has 0 radical (unpaired) electrons. The number of halogens is 1. The summed E-state index contributed by atoms with van der Waals surface area (Å²) < 4.78 is 3.10. The van der Waals surface area contributed by atoms with Gasteiger partial charge in [0.15, 0.2) is 0 Å². The van der Waals surface area contributed by atoms with E-state index >= 15 is 0 Å². The van der Waals surface area contributed by atoms with Crippen LogP contribution >= 0.6 is 15.9 Å². The lowest BCUT2D eigenvalue weighted by atomic mass is 10.1. The number of hydrogen-bond acceptors (Lipinski definition) is 2. The zero-order valence-corrected chi connectivity index (χ0v) is 9.71. The molecule has 0 amide bonds. The van der Waals surface area contributed by atoms with Crippen LogP contribution in [-0.2, 0) is 13.0 Å². The van der Waals surface area contributed by atoms with E-state index in [-0.39, 0.29) is 6.04 Å². The van der Waals surface area contributed by atoms with Crippen molar-refractivity contribution in [2.45, 2.75) is 39.3 Å². The van der Waals surface area contributed by atoms with Crippen molar-refractivity contribution in [1.82, 2.24) is 9.78 Å². The molecule has 1 aromatic rings. The molecule has 1 atom stereocenters. The largest absolute Gasteiger partial charge is 0.328 e. The minimum absolute atomic E-state index is 0.257. The number of aromatic nitrogens is 2. The summed E-state index contributed by atoms with van der Waals surface area (Å²) in [7, 11) is 0. The summed E-state index contributed by atoms with van der Waals surface area (Å²) >= 11 is 3.48. The Morgan fingerprint density at radius 2 is 2.38 bits per heavy atom. The van der Waals surface area contributed by atoms with E-state index in [0.717, 1.165) is 23.9 Å². The van der Waals surface area contributed by atoms with Crippen LogP contribution in [0, 0.1) is 0 Å². The summed E-state index contributed by atoms with van der Waals surface area (Å²) in [6.07, 6.45) is 3.84. The van der Waals surface area contributed by atoms with Gasteiger partial charge >= 0.3 is 0 Å². The monoisotopic (exact) mass is 245 g/mol. The van der Waals surface area contributed by atoms with Crippen molar-refractivity contribution in [1.29, 1.82) is 0 Å². The lowest BCUT2D eigenvalue weighted by Crippen LogP contribution is -2.16. The average Bonchev–Trinajstić information content (AvgIpc) is 2.43. The summed E-state index contributed by atoms with van der Waals surface area (Å²) in [6.45, 7) is 5.04. The second kappa shape index (κ2) is 4.77. The first-order valence-electron chi connectivity index (χ1n) is 4.61. The molecule has 1 heterocycles. The summed E-state index contributed by atoms with van der Waals surface area (Å²) in [4.78, 5) is 0. The van der Waals surface area contributed by atoms with E-state index < -0.39 is 0 Å². The van der Waals surface area contributed by atoms with E-state index in [9.17, 15) is 0 Å². The summed E-state index contributed by atoms with van der Waals surface area (Å²) in [5, 5.41) is 4.24. The van der Waals surface area contributed by atoms with Gasteiger partial charge in [0.2, 0.25) is 0 Å². The second-order valence-corrected chi connectivity index (χ2v) is 4.13. The Balaban J connectivity index is 2.68. The van der Waals surface area contributed by atoms with E-state index in [4.69, 9.17) is 5.73 Å². The minimum atomic E-state index is 0.257. The SMILES string of the molecule is CCn1ncc(Br)c1CCC(C)N. The maximum Gasteiger partial charge on any atom is 0.0635 e. The molecular weight excluding hydrogens is 230 g/mol. The second-order valence-electron chi connectivity index (χ2n) is 3.27. The van der Waals surface area contributed by atoms with Gasteiger partial charge in [0, 0.05) is 12.6 Å². The van der Waals surface area contributed by atoms with Crippen molar-refractivity contribution in [3.63, 3.8) is 0 Å². The van der Waals surface area contributed by atoms with Crippen LogP contribution in [0.15, 0.2) is 10.7 Å². The van der Waals surface area contributed by atoms with Gasteiger partial charge in [-0.2, -0.15) is 5.10 Å². The van der Waals surface area contributed by atoms with Gasteiger partial charge in [0.05, 0.1) is 16.4 Å². The number of hydrogen-bond donors (Lipinski definition) is 1. The molecule has 2 N–H and O–H groups in total. The van der Waals surface area contributed by atoms with Gasteiger partial charge in [-0.3, -0.25) is 4.68 Å². The Morgan fingerprint density at radius 3 is 2.92 bits per heavy atom. The third kappa shape index (κ3) is 2.81. The molecule has 0 aromatic carbocycles. The number of nitrogens with zero attached hydrogens (tertiary/aromatic N) is 2. The van der Waals surface area contributed by atoms with Gasteiger partial charge in [-0.1, -0.05) is 0 Å². The van der Waals surface area contributed by atoms with Crippen LogP contribution in [0.2, 0.25) is 0 Å². The highest BCUT2D eigenvalue weighted by atomic mass is 79.9. The summed E-state index contributed by atoms with van der Waals surface area (Å²) in [5.41, 5.74) is 6.96. The lowest BCUT2D eigenvalue weighted by Gasteiger charge is -2.07. The van der Waals surface area contributed by atoms with Crippen LogP contribution in [0.1, 0.15) is 26.0 Å². The van der Waals surface area contributed by atoms with Crippen LogP contribution in [-0.4, -0.2) is 15.8 Å². The van der Waals surface area contributed by atoms with E-state index in [1.165, 1.54) is 5.69 Å². The fourth-order valence-corrected chi connectivity index (χ4v) is 1.77. The van der Waals surface area contributed by atoms with Crippen LogP contribution < -0.4 is 5.73 Å². The zero-order valence-electron chi connectivity index (χ0n) is 8.13. The normalized spacial score (nSPS) is 13.2. The van der Waals surface area contributed by atoms with E-state index in [1.54, 1.807) is 0 Å². The van der Waals surface area contributed by atoms with E-state index in [1.807, 2.05) is 17.8 Å². The molecule has 13 heavy (non-hydrogen) atoms. The first-order chi connectivity index (χ1) is 6.15. The molecule has 3 nitrogen and oxygen atoms in total. The Labute approximate surface area is 87.4 Å². The van der Waals surface area contributed by atoms with Gasteiger partial charge in [-0.05, 0) is 42.6 Å². The molecule has 0 spiro atoms. The maximum absolute atomic E-state index is 5.71. The molecule has 0 fully saturated rings. The highest BCUT2D eigenvalue weighted by Gasteiger charge is 2.07. The highest BCUT2D eigenvalue weighted by Crippen LogP contribution is 2.17. The molecule has 0 aliphatic rings. The van der Waals surface area contributed by atoms with Crippen LogP contribution in [0.25, 0.3) is 0 Å². The van der Waals surface area contributed by atoms with E-state index in [2.05, 4.69) is 28.0 Å². The van der Waals surface area contributed by atoms with Crippen molar-refractivity contribution in [3.05, 3.63) is 16.4 Å². The van der Waals surface area contributed by atoms with Gasteiger partial charge in [-0.15, -0.1) is 0 Å². The van der Waals surface area contributed by atoms with Crippen LogP contribution in [0.5, 0.6) is 0 Å². The predicted molar refractivity (Wildman–Crippen MR) is 57.6 cm³/mol. The standard InChI is InChI=1S/C9H16BrN3/c1-3-13-9(5-4-7(2)11)8(10)6-12-13/h6-7H,3-5,11H2,1-2H3. The molecule has 1 aromatic heterocycles. The third-order valence-corrected chi connectivity index (χ3v) is 2.70. The van der Waals surface area contributed by atoms with Gasteiger partial charge < -0.3 is 5.73 Å².